The van der Waals surface area contributed by atoms with E-state index in [1.54, 1.807) is 0 Å². The minimum Gasteiger partial charge on any atom is -0.344 e. The van der Waals surface area contributed by atoms with Crippen molar-refractivity contribution >= 4 is 17.5 Å². The van der Waals surface area contributed by atoms with Crippen molar-refractivity contribution in [3.05, 3.63) is 42.0 Å². The summed E-state index contributed by atoms with van der Waals surface area (Å²) in [6.07, 6.45) is 2.32. The molecule has 0 saturated heterocycles. The summed E-state index contributed by atoms with van der Waals surface area (Å²) in [5.74, 6) is -1.30. The first kappa shape index (κ1) is 14.0. The molecule has 0 bridgehead atoms. The molecule has 2 N–H and O–H groups in total. The second kappa shape index (κ2) is 6.59. The van der Waals surface area contributed by atoms with Gasteiger partial charge in [0.1, 0.15) is 0 Å². The lowest BCUT2D eigenvalue weighted by Gasteiger charge is -2.12. The lowest BCUT2D eigenvalue weighted by atomic mass is 10.1. The molecule has 1 rings (SSSR count). The van der Waals surface area contributed by atoms with Crippen LogP contribution in [0.5, 0.6) is 0 Å². The molecule has 2 amide bonds. The fourth-order valence-electron chi connectivity index (χ4n) is 1.62. The lowest BCUT2D eigenvalue weighted by Crippen LogP contribution is -2.35. The molecule has 0 aliphatic carbocycles. The van der Waals surface area contributed by atoms with E-state index < -0.39 is 11.8 Å². The van der Waals surface area contributed by atoms with E-state index in [-0.39, 0.29) is 6.54 Å². The Bertz CT molecular complexity index is 467. The summed E-state index contributed by atoms with van der Waals surface area (Å²) in [6, 6.07) is 5.77. The van der Waals surface area contributed by atoms with Gasteiger partial charge in [-0.25, -0.2) is 0 Å². The van der Waals surface area contributed by atoms with Crippen LogP contribution in [0.25, 0.3) is 0 Å². The van der Waals surface area contributed by atoms with Crippen LogP contribution in [0.4, 0.5) is 5.69 Å². The lowest BCUT2D eigenvalue weighted by molar-refractivity contribution is -0.136. The number of carbonyl (C=O) groups excluding carboxylic acids is 2. The molecule has 0 aromatic heterocycles. The van der Waals surface area contributed by atoms with Crippen LogP contribution in [0.1, 0.15) is 18.1 Å². The summed E-state index contributed by atoms with van der Waals surface area (Å²) in [4.78, 5) is 23.1. The molecule has 18 heavy (non-hydrogen) atoms. The number of aryl methyl sites for hydroxylation is 2. The summed E-state index contributed by atoms with van der Waals surface area (Å²) in [5, 5.41) is 5.09. The van der Waals surface area contributed by atoms with E-state index in [1.165, 1.54) is 6.08 Å². The molecule has 0 radical (unpaired) electrons. The van der Waals surface area contributed by atoms with E-state index in [1.807, 2.05) is 32.0 Å². The van der Waals surface area contributed by atoms with Crippen molar-refractivity contribution in [2.75, 3.05) is 11.9 Å². The monoisotopic (exact) mass is 246 g/mol. The van der Waals surface area contributed by atoms with E-state index >= 15 is 0 Å². The zero-order valence-corrected chi connectivity index (χ0v) is 10.7. The number of hydrogen-bond donors (Lipinski definition) is 2. The molecule has 4 nitrogen and oxygen atoms in total. The summed E-state index contributed by atoms with van der Waals surface area (Å²) in [7, 11) is 0. The number of rotatable bonds is 4. The number of nitrogens with one attached hydrogen (secondary N) is 2. The Balaban J connectivity index is 2.81. The zero-order chi connectivity index (χ0) is 13.5. The molecule has 0 unspecified atom stereocenters. The van der Waals surface area contributed by atoms with Gasteiger partial charge in [0.25, 0.3) is 0 Å². The Labute approximate surface area is 107 Å². The van der Waals surface area contributed by atoms with E-state index in [0.717, 1.165) is 23.2 Å². The van der Waals surface area contributed by atoms with Gasteiger partial charge in [0.05, 0.1) is 0 Å². The SMILES string of the molecule is C=CCNC(=O)C(=O)Nc1c(C)cccc1CC. The number of amides is 2. The molecule has 0 atom stereocenters. The van der Waals surface area contributed by atoms with Gasteiger partial charge in [-0.1, -0.05) is 31.2 Å². The third kappa shape index (κ3) is 3.45. The van der Waals surface area contributed by atoms with Crippen LogP contribution < -0.4 is 10.6 Å². The van der Waals surface area contributed by atoms with Gasteiger partial charge in [-0.3, -0.25) is 9.59 Å². The second-order valence-corrected chi connectivity index (χ2v) is 3.92. The molecule has 0 spiro atoms. The first-order valence-corrected chi connectivity index (χ1v) is 5.88. The quantitative estimate of drug-likeness (QED) is 0.628. The van der Waals surface area contributed by atoms with Crippen LogP contribution in [0.2, 0.25) is 0 Å². The van der Waals surface area contributed by atoms with Crippen LogP contribution >= 0.6 is 0 Å². The Kier molecular flexibility index (Phi) is 5.11. The minimum atomic E-state index is -0.653. The van der Waals surface area contributed by atoms with E-state index in [4.69, 9.17) is 0 Å². The molecule has 1 aromatic rings. The largest absolute Gasteiger partial charge is 0.344 e. The molecule has 0 aliphatic rings. The number of para-hydroxylation sites is 1. The second-order valence-electron chi connectivity index (χ2n) is 3.92. The third-order valence-electron chi connectivity index (χ3n) is 2.59. The van der Waals surface area contributed by atoms with Crippen LogP contribution in [-0.4, -0.2) is 18.4 Å². The van der Waals surface area contributed by atoms with Crippen LogP contribution in [0.15, 0.2) is 30.9 Å². The smallest absolute Gasteiger partial charge is 0.313 e. The highest BCUT2D eigenvalue weighted by molar-refractivity contribution is 6.39. The van der Waals surface area contributed by atoms with Gasteiger partial charge in [-0.15, -0.1) is 6.58 Å². The highest BCUT2D eigenvalue weighted by atomic mass is 16.2. The zero-order valence-electron chi connectivity index (χ0n) is 10.7. The highest BCUT2D eigenvalue weighted by Crippen LogP contribution is 2.20. The van der Waals surface area contributed by atoms with Crippen molar-refractivity contribution in [2.24, 2.45) is 0 Å². The third-order valence-corrected chi connectivity index (χ3v) is 2.59. The van der Waals surface area contributed by atoms with Gasteiger partial charge in [0.15, 0.2) is 0 Å². The molecular formula is C14H18N2O2. The number of carbonyl (C=O) groups is 2. The summed E-state index contributed by atoms with van der Waals surface area (Å²) >= 11 is 0. The minimum absolute atomic E-state index is 0.278. The van der Waals surface area contributed by atoms with Crippen molar-refractivity contribution in [3.63, 3.8) is 0 Å². The molecule has 4 heteroatoms. The average Bonchev–Trinajstić information content (AvgIpc) is 2.38. The Morgan fingerprint density at radius 2 is 2.06 bits per heavy atom. The maximum atomic E-state index is 11.7. The highest BCUT2D eigenvalue weighted by Gasteiger charge is 2.15. The van der Waals surface area contributed by atoms with Gasteiger partial charge in [-0.2, -0.15) is 0 Å². The first-order valence-electron chi connectivity index (χ1n) is 5.88. The van der Waals surface area contributed by atoms with E-state index in [9.17, 15) is 9.59 Å². The predicted molar refractivity (Wildman–Crippen MR) is 72.4 cm³/mol. The molecule has 0 aliphatic heterocycles. The van der Waals surface area contributed by atoms with Crippen molar-refractivity contribution in [1.82, 2.24) is 5.32 Å². The molecule has 0 fully saturated rings. The number of anilines is 1. The van der Waals surface area contributed by atoms with Gasteiger partial charge < -0.3 is 10.6 Å². The maximum absolute atomic E-state index is 11.7. The molecule has 0 saturated carbocycles. The number of hydrogen-bond acceptors (Lipinski definition) is 2. The van der Waals surface area contributed by atoms with Gasteiger partial charge in [-0.05, 0) is 24.5 Å². The van der Waals surface area contributed by atoms with Crippen molar-refractivity contribution in [2.45, 2.75) is 20.3 Å². The standard InChI is InChI=1S/C14H18N2O2/c1-4-9-15-13(17)14(18)16-12-10(3)7-6-8-11(12)5-2/h4,6-8H,1,5,9H2,2-3H3,(H,15,17)(H,16,18). The van der Waals surface area contributed by atoms with Crippen molar-refractivity contribution in [3.8, 4) is 0 Å². The predicted octanol–water partition coefficient (Wildman–Crippen LogP) is 1.80. The van der Waals surface area contributed by atoms with E-state index in [0.29, 0.717) is 0 Å². The molecule has 0 heterocycles. The number of benzene rings is 1. The molecule has 1 aromatic carbocycles. The van der Waals surface area contributed by atoms with Crippen LogP contribution in [-0.2, 0) is 16.0 Å². The Morgan fingerprint density at radius 1 is 1.33 bits per heavy atom. The summed E-state index contributed by atoms with van der Waals surface area (Å²) < 4.78 is 0. The van der Waals surface area contributed by atoms with Gasteiger partial charge in [0.2, 0.25) is 0 Å². The Hall–Kier alpha value is -2.10. The topological polar surface area (TPSA) is 58.2 Å². The van der Waals surface area contributed by atoms with Gasteiger partial charge >= 0.3 is 11.8 Å². The molecule has 96 valence electrons. The fraction of sp³-hybridized carbons (Fsp3) is 0.286. The fourth-order valence-corrected chi connectivity index (χ4v) is 1.62. The van der Waals surface area contributed by atoms with Crippen LogP contribution in [0.3, 0.4) is 0 Å². The van der Waals surface area contributed by atoms with Gasteiger partial charge in [0, 0.05) is 12.2 Å². The molecular weight excluding hydrogens is 228 g/mol. The first-order chi connectivity index (χ1) is 8.60. The Morgan fingerprint density at radius 3 is 2.67 bits per heavy atom. The summed E-state index contributed by atoms with van der Waals surface area (Å²) in [6.45, 7) is 7.65. The van der Waals surface area contributed by atoms with E-state index in [2.05, 4.69) is 17.2 Å². The van der Waals surface area contributed by atoms with Crippen molar-refractivity contribution < 1.29 is 9.59 Å². The normalized spacial score (nSPS) is 9.67. The average molecular weight is 246 g/mol. The van der Waals surface area contributed by atoms with Crippen molar-refractivity contribution in [1.29, 1.82) is 0 Å². The maximum Gasteiger partial charge on any atom is 0.313 e. The summed E-state index contributed by atoms with van der Waals surface area (Å²) in [5.41, 5.74) is 2.68. The van der Waals surface area contributed by atoms with Crippen LogP contribution in [0, 0.1) is 6.92 Å².